The van der Waals surface area contributed by atoms with E-state index in [9.17, 15) is 9.59 Å². The molecule has 0 saturated carbocycles. The lowest BCUT2D eigenvalue weighted by Gasteiger charge is -2.25. The lowest BCUT2D eigenvalue weighted by molar-refractivity contribution is -0.128. The van der Waals surface area contributed by atoms with Crippen LogP contribution in [0.2, 0.25) is 0 Å². The molecule has 0 saturated heterocycles. The monoisotopic (exact) mass is 299 g/mol. The number of H-pyrrole nitrogens is 1. The zero-order valence-corrected chi connectivity index (χ0v) is 13.4. The van der Waals surface area contributed by atoms with Crippen molar-refractivity contribution in [3.8, 4) is 0 Å². The van der Waals surface area contributed by atoms with Crippen molar-refractivity contribution < 1.29 is 4.79 Å². The number of amides is 1. The fourth-order valence-electron chi connectivity index (χ4n) is 2.22. The summed E-state index contributed by atoms with van der Waals surface area (Å²) in [6, 6.07) is 7.19. The van der Waals surface area contributed by atoms with Crippen LogP contribution in [-0.4, -0.2) is 26.8 Å². The predicted molar refractivity (Wildman–Crippen MR) is 87.5 cm³/mol. The third kappa shape index (κ3) is 3.61. The molecule has 0 radical (unpaired) electrons. The number of aromatic nitrogens is 2. The number of nitrogens with zero attached hydrogens (tertiary/aromatic N) is 2. The first-order valence-electron chi connectivity index (χ1n) is 7.32. The van der Waals surface area contributed by atoms with E-state index in [-0.39, 0.29) is 24.1 Å². The Labute approximate surface area is 129 Å². The van der Waals surface area contributed by atoms with Gasteiger partial charge in [0, 0.05) is 12.1 Å². The first-order valence-corrected chi connectivity index (χ1v) is 7.32. The Morgan fingerprint density at radius 3 is 2.64 bits per heavy atom. The average Bonchev–Trinajstić information content (AvgIpc) is 2.43. The zero-order valence-electron chi connectivity index (χ0n) is 13.4. The van der Waals surface area contributed by atoms with Crippen LogP contribution in [0.25, 0.3) is 10.9 Å². The maximum absolute atomic E-state index is 12.3. The summed E-state index contributed by atoms with van der Waals surface area (Å²) in [4.78, 5) is 33.3. The molecule has 0 aliphatic rings. The van der Waals surface area contributed by atoms with Gasteiger partial charge in [-0.15, -0.1) is 0 Å². The number of fused-ring (bicyclic) bond motifs is 1. The van der Waals surface area contributed by atoms with Gasteiger partial charge in [-0.25, -0.2) is 4.98 Å². The normalized spacial score (nSPS) is 10.8. The van der Waals surface area contributed by atoms with E-state index in [0.717, 1.165) is 5.57 Å². The van der Waals surface area contributed by atoms with Crippen LogP contribution in [0.4, 0.5) is 0 Å². The number of hydrogen-bond acceptors (Lipinski definition) is 3. The number of rotatable bonds is 4. The van der Waals surface area contributed by atoms with Crippen molar-refractivity contribution in [2.45, 2.75) is 40.3 Å². The number of hydrogen-bond donors (Lipinski definition) is 1. The molecule has 1 aromatic carbocycles. The smallest absolute Gasteiger partial charge is 0.258 e. The van der Waals surface area contributed by atoms with Crippen LogP contribution >= 0.6 is 0 Å². The predicted octanol–water partition coefficient (Wildman–Crippen LogP) is 2.63. The van der Waals surface area contributed by atoms with Gasteiger partial charge in [0.2, 0.25) is 5.91 Å². The second-order valence-electron chi connectivity index (χ2n) is 5.81. The number of benzene rings is 1. The van der Waals surface area contributed by atoms with Crippen molar-refractivity contribution in [3.63, 3.8) is 0 Å². The lowest BCUT2D eigenvalue weighted by atomic mass is 10.2. The minimum absolute atomic E-state index is 0.0138. The van der Waals surface area contributed by atoms with Crippen molar-refractivity contribution in [2.24, 2.45) is 0 Å². The highest BCUT2D eigenvalue weighted by Crippen LogP contribution is 2.10. The van der Waals surface area contributed by atoms with Gasteiger partial charge in [0.1, 0.15) is 5.82 Å². The molecule has 5 heteroatoms. The first kappa shape index (κ1) is 15.9. The van der Waals surface area contributed by atoms with E-state index in [1.54, 1.807) is 29.2 Å². The molecule has 2 aromatic rings. The van der Waals surface area contributed by atoms with Crippen LogP contribution in [-0.2, 0) is 11.3 Å². The Balaban J connectivity index is 2.37. The molecule has 0 aliphatic carbocycles. The molecule has 0 fully saturated rings. The number of nitrogens with one attached hydrogen (secondary N) is 1. The molecule has 0 aliphatic heterocycles. The van der Waals surface area contributed by atoms with Crippen LogP contribution < -0.4 is 5.56 Å². The number of carbonyl (C=O) groups is 1. The highest BCUT2D eigenvalue weighted by Gasteiger charge is 2.17. The van der Waals surface area contributed by atoms with Gasteiger partial charge >= 0.3 is 0 Å². The van der Waals surface area contributed by atoms with Gasteiger partial charge in [0.05, 0.1) is 17.4 Å². The van der Waals surface area contributed by atoms with E-state index in [0.29, 0.717) is 16.7 Å². The van der Waals surface area contributed by atoms with Gasteiger partial charge in [0.15, 0.2) is 0 Å². The second-order valence-corrected chi connectivity index (χ2v) is 5.81. The van der Waals surface area contributed by atoms with Gasteiger partial charge < -0.3 is 9.88 Å². The third-order valence-corrected chi connectivity index (χ3v) is 3.30. The lowest BCUT2D eigenvalue weighted by Crippen LogP contribution is -2.36. The molecular weight excluding hydrogens is 278 g/mol. The average molecular weight is 299 g/mol. The van der Waals surface area contributed by atoms with Gasteiger partial charge in [-0.05, 0) is 39.8 Å². The maximum atomic E-state index is 12.3. The van der Waals surface area contributed by atoms with E-state index in [1.165, 1.54) is 0 Å². The zero-order chi connectivity index (χ0) is 16.3. The largest absolute Gasteiger partial charge is 0.329 e. The molecule has 1 heterocycles. The van der Waals surface area contributed by atoms with Crippen molar-refractivity contribution in [3.05, 3.63) is 52.1 Å². The fourth-order valence-corrected chi connectivity index (χ4v) is 2.22. The van der Waals surface area contributed by atoms with Crippen molar-refractivity contribution in [1.82, 2.24) is 14.9 Å². The Hall–Kier alpha value is -2.43. The molecule has 116 valence electrons. The van der Waals surface area contributed by atoms with E-state index in [1.807, 2.05) is 33.8 Å². The number of aromatic amines is 1. The molecule has 0 atom stereocenters. The Kier molecular flexibility index (Phi) is 4.75. The van der Waals surface area contributed by atoms with Gasteiger partial charge in [-0.1, -0.05) is 17.7 Å². The molecule has 22 heavy (non-hydrogen) atoms. The van der Waals surface area contributed by atoms with E-state index >= 15 is 0 Å². The van der Waals surface area contributed by atoms with Crippen LogP contribution in [0, 0.1) is 0 Å². The number of carbonyl (C=O) groups excluding carboxylic acids is 1. The Morgan fingerprint density at radius 2 is 2.00 bits per heavy atom. The van der Waals surface area contributed by atoms with E-state index < -0.39 is 0 Å². The first-order chi connectivity index (χ1) is 10.4. The van der Waals surface area contributed by atoms with Crippen LogP contribution in [0.5, 0.6) is 0 Å². The SMILES string of the molecule is CC(C)=CC(=O)N(Cc1nc2ccccc2c(=O)[nH]1)C(C)C. The summed E-state index contributed by atoms with van der Waals surface area (Å²) < 4.78 is 0. The number of allylic oxidation sites excluding steroid dienone is 1. The minimum Gasteiger partial charge on any atom is -0.329 e. The van der Waals surface area contributed by atoms with E-state index in [4.69, 9.17) is 0 Å². The van der Waals surface area contributed by atoms with Gasteiger partial charge in [-0.3, -0.25) is 9.59 Å². The summed E-state index contributed by atoms with van der Waals surface area (Å²) in [6.07, 6.45) is 1.60. The molecule has 1 N–H and O–H groups in total. The summed E-state index contributed by atoms with van der Waals surface area (Å²) in [5.41, 5.74) is 1.40. The summed E-state index contributed by atoms with van der Waals surface area (Å²) in [6.45, 7) is 7.92. The second kappa shape index (κ2) is 6.56. The van der Waals surface area contributed by atoms with Crippen molar-refractivity contribution >= 4 is 16.8 Å². The summed E-state index contributed by atoms with van der Waals surface area (Å²) >= 11 is 0. The summed E-state index contributed by atoms with van der Waals surface area (Å²) in [5, 5.41) is 0.554. The fraction of sp³-hybridized carbons (Fsp3) is 0.353. The molecule has 1 amide bonds. The molecular formula is C17H21N3O2. The highest BCUT2D eigenvalue weighted by molar-refractivity contribution is 5.88. The van der Waals surface area contributed by atoms with Crippen LogP contribution in [0.15, 0.2) is 40.7 Å². The molecule has 1 aromatic heterocycles. The summed E-state index contributed by atoms with van der Waals surface area (Å²) in [5.74, 6) is 0.415. The standard InChI is InChI=1S/C17H21N3O2/c1-11(2)9-16(21)20(12(3)4)10-15-18-14-8-6-5-7-13(14)17(22)19-15/h5-9,12H,10H2,1-4H3,(H,18,19,22). The van der Waals surface area contributed by atoms with Crippen LogP contribution in [0.1, 0.15) is 33.5 Å². The highest BCUT2D eigenvalue weighted by atomic mass is 16.2. The van der Waals surface area contributed by atoms with Crippen LogP contribution in [0.3, 0.4) is 0 Å². The number of para-hydroxylation sites is 1. The molecule has 5 nitrogen and oxygen atoms in total. The van der Waals surface area contributed by atoms with E-state index in [2.05, 4.69) is 9.97 Å². The minimum atomic E-state index is -0.182. The Morgan fingerprint density at radius 1 is 1.32 bits per heavy atom. The molecule has 0 unspecified atom stereocenters. The molecule has 0 bridgehead atoms. The molecule has 2 rings (SSSR count). The Bertz CT molecular complexity index is 771. The summed E-state index contributed by atoms with van der Waals surface area (Å²) in [7, 11) is 0. The topological polar surface area (TPSA) is 66.1 Å². The molecule has 0 spiro atoms. The van der Waals surface area contributed by atoms with Crippen molar-refractivity contribution in [1.29, 1.82) is 0 Å². The third-order valence-electron chi connectivity index (χ3n) is 3.30. The quantitative estimate of drug-likeness (QED) is 0.883. The van der Waals surface area contributed by atoms with Gasteiger partial charge in [0.25, 0.3) is 5.56 Å². The maximum Gasteiger partial charge on any atom is 0.258 e. The van der Waals surface area contributed by atoms with Crippen molar-refractivity contribution in [2.75, 3.05) is 0 Å². The van der Waals surface area contributed by atoms with Gasteiger partial charge in [-0.2, -0.15) is 0 Å².